The van der Waals surface area contributed by atoms with Crippen molar-refractivity contribution in [2.24, 2.45) is 0 Å². The highest BCUT2D eigenvalue weighted by Crippen LogP contribution is 2.16. The lowest BCUT2D eigenvalue weighted by molar-refractivity contribution is -0.870. The summed E-state index contributed by atoms with van der Waals surface area (Å²) in [5, 5.41) is 9.67. The van der Waals surface area contributed by atoms with E-state index in [1.54, 1.807) is 0 Å². The lowest BCUT2D eigenvalue weighted by atomic mass is 10.0. The molecule has 0 bridgehead atoms. The molecular formula is C55H98NO8+. The number of carbonyl (C=O) groups excluding carboxylic acids is 2. The molecule has 0 saturated carbocycles. The summed E-state index contributed by atoms with van der Waals surface area (Å²) in [5.41, 5.74) is 0. The molecule has 0 radical (unpaired) electrons. The van der Waals surface area contributed by atoms with Crippen LogP contribution in [0.1, 0.15) is 213 Å². The summed E-state index contributed by atoms with van der Waals surface area (Å²) in [7, 11) is 5.95. The van der Waals surface area contributed by atoms with Crippen LogP contribution >= 0.6 is 0 Å². The number of carboxylic acid groups (broad SMARTS) is 1. The molecular weight excluding hydrogens is 803 g/mol. The van der Waals surface area contributed by atoms with Crippen molar-refractivity contribution in [2.75, 3.05) is 47.5 Å². The first-order chi connectivity index (χ1) is 31.1. The second-order valence-corrected chi connectivity index (χ2v) is 18.5. The van der Waals surface area contributed by atoms with Crippen LogP contribution in [-0.4, -0.2) is 87.4 Å². The Bertz CT molecular complexity index is 1230. The Labute approximate surface area is 393 Å². The molecule has 0 rings (SSSR count). The fourth-order valence-electron chi connectivity index (χ4n) is 7.04. The van der Waals surface area contributed by atoms with Crippen LogP contribution in [0.4, 0.5) is 0 Å². The van der Waals surface area contributed by atoms with Crippen LogP contribution < -0.4 is 0 Å². The highest BCUT2D eigenvalue weighted by atomic mass is 16.7. The van der Waals surface area contributed by atoms with Gasteiger partial charge in [-0.1, -0.05) is 203 Å². The second kappa shape index (κ2) is 46.5. The molecule has 0 saturated heterocycles. The van der Waals surface area contributed by atoms with Crippen molar-refractivity contribution in [1.29, 1.82) is 0 Å². The van der Waals surface area contributed by atoms with E-state index >= 15 is 0 Å². The van der Waals surface area contributed by atoms with Gasteiger partial charge in [0.05, 0.1) is 34.4 Å². The number of unbranched alkanes of at least 4 members (excludes halogenated alkanes) is 22. The number of aliphatic carboxylic acids is 1. The first-order valence-corrected chi connectivity index (χ1v) is 26.0. The van der Waals surface area contributed by atoms with E-state index in [9.17, 15) is 19.5 Å². The topological polar surface area (TPSA) is 108 Å². The zero-order valence-electron chi connectivity index (χ0n) is 41.9. The van der Waals surface area contributed by atoms with Crippen molar-refractivity contribution >= 4 is 17.9 Å². The van der Waals surface area contributed by atoms with Crippen molar-refractivity contribution in [3.8, 4) is 0 Å². The Balaban J connectivity index is 4.38. The predicted molar refractivity (Wildman–Crippen MR) is 267 cm³/mol. The number of nitrogens with zero attached hydrogens (tertiary/aromatic N) is 1. The summed E-state index contributed by atoms with van der Waals surface area (Å²) in [6, 6.07) is 0. The number of carbonyl (C=O) groups is 3. The molecule has 0 aromatic rings. The summed E-state index contributed by atoms with van der Waals surface area (Å²) in [6.07, 6.45) is 54.2. The number of carboxylic acids is 1. The quantitative estimate of drug-likeness (QED) is 0.0211. The molecule has 2 atom stereocenters. The van der Waals surface area contributed by atoms with Crippen molar-refractivity contribution in [1.82, 2.24) is 0 Å². The van der Waals surface area contributed by atoms with Gasteiger partial charge in [-0.05, 0) is 57.8 Å². The summed E-state index contributed by atoms with van der Waals surface area (Å²) in [5.74, 6) is -2.03. The van der Waals surface area contributed by atoms with Gasteiger partial charge < -0.3 is 28.5 Å². The van der Waals surface area contributed by atoms with E-state index in [2.05, 4.69) is 74.6 Å². The average Bonchev–Trinajstić information content (AvgIpc) is 3.26. The van der Waals surface area contributed by atoms with Crippen LogP contribution in [0.5, 0.6) is 0 Å². The van der Waals surface area contributed by atoms with Crippen LogP contribution in [0.2, 0.25) is 0 Å². The van der Waals surface area contributed by atoms with Gasteiger partial charge in [0.1, 0.15) is 13.2 Å². The van der Waals surface area contributed by atoms with Crippen molar-refractivity contribution in [3.05, 3.63) is 60.8 Å². The minimum absolute atomic E-state index is 0.182. The number of ether oxygens (including phenoxy) is 4. The highest BCUT2D eigenvalue weighted by Gasteiger charge is 2.25. The standard InChI is InChI=1S/C55H97NO8/c1-6-8-10-12-14-16-18-20-22-24-26-27-28-30-32-34-36-38-40-42-44-46-53(58)64-51(50-63-55(54(59)60)61-48-47-56(3,4)5)49-62-52(57)45-43-41-39-37-35-33-31-29-25-23-21-19-17-15-13-11-9-7-2/h8,10,14,16,20,22,26-27,30,32,51,55H,6-7,9,11-13,15,17-19,21,23-25,28-29,31,33-50H2,1-5H3/p+1/b10-8-,16-14-,22-20-,27-26-,32-30-. The molecule has 0 amide bonds. The first-order valence-electron chi connectivity index (χ1n) is 26.0. The summed E-state index contributed by atoms with van der Waals surface area (Å²) in [4.78, 5) is 37.3. The van der Waals surface area contributed by atoms with Gasteiger partial charge in [-0.3, -0.25) is 9.59 Å². The molecule has 2 unspecified atom stereocenters. The zero-order chi connectivity index (χ0) is 47.0. The van der Waals surface area contributed by atoms with Gasteiger partial charge in [0.25, 0.3) is 6.29 Å². The van der Waals surface area contributed by atoms with Gasteiger partial charge in [-0.2, -0.15) is 0 Å². The fraction of sp³-hybridized carbons (Fsp3) is 0.764. The molecule has 0 aliphatic rings. The maximum Gasteiger partial charge on any atom is 0.361 e. The van der Waals surface area contributed by atoms with Gasteiger partial charge >= 0.3 is 17.9 Å². The molecule has 0 aromatic heterocycles. The zero-order valence-corrected chi connectivity index (χ0v) is 41.9. The molecule has 370 valence electrons. The average molecular weight is 901 g/mol. The minimum atomic E-state index is -1.52. The van der Waals surface area contributed by atoms with E-state index < -0.39 is 24.3 Å². The molecule has 9 nitrogen and oxygen atoms in total. The number of hydrogen-bond acceptors (Lipinski definition) is 7. The molecule has 1 N–H and O–H groups in total. The minimum Gasteiger partial charge on any atom is -0.477 e. The Morgan fingerprint density at radius 3 is 1.33 bits per heavy atom. The summed E-state index contributed by atoms with van der Waals surface area (Å²) < 4.78 is 22.8. The van der Waals surface area contributed by atoms with E-state index in [-0.39, 0.29) is 32.2 Å². The van der Waals surface area contributed by atoms with E-state index in [0.717, 1.165) is 83.5 Å². The van der Waals surface area contributed by atoms with E-state index in [0.29, 0.717) is 23.9 Å². The Morgan fingerprint density at radius 1 is 0.484 bits per heavy atom. The SMILES string of the molecule is CC/C=C\C/C=C\C/C=C\C/C=C\C/C=C\CCCCCCCC(=O)OC(COC(=O)CCCCCCCCCCCCCCCCCCCC)COC(OCC[N+](C)(C)C)C(=O)O. The largest absolute Gasteiger partial charge is 0.477 e. The molecule has 0 spiro atoms. The van der Waals surface area contributed by atoms with E-state index in [1.807, 2.05) is 21.1 Å². The highest BCUT2D eigenvalue weighted by molar-refractivity contribution is 5.71. The number of rotatable bonds is 47. The molecule has 9 heteroatoms. The van der Waals surface area contributed by atoms with Crippen LogP contribution in [0.25, 0.3) is 0 Å². The third kappa shape index (κ3) is 47.0. The monoisotopic (exact) mass is 901 g/mol. The summed E-state index contributed by atoms with van der Waals surface area (Å²) in [6.45, 7) is 4.75. The maximum atomic E-state index is 12.8. The van der Waals surface area contributed by atoms with Gasteiger partial charge in [0, 0.05) is 12.8 Å². The maximum absolute atomic E-state index is 12.8. The fourth-order valence-corrected chi connectivity index (χ4v) is 7.04. The molecule has 0 aliphatic carbocycles. The second-order valence-electron chi connectivity index (χ2n) is 18.5. The van der Waals surface area contributed by atoms with Gasteiger partial charge in [0.15, 0.2) is 6.10 Å². The van der Waals surface area contributed by atoms with E-state index in [4.69, 9.17) is 18.9 Å². The van der Waals surface area contributed by atoms with Crippen LogP contribution in [0.3, 0.4) is 0 Å². The molecule has 64 heavy (non-hydrogen) atoms. The van der Waals surface area contributed by atoms with Crippen LogP contribution in [0.15, 0.2) is 60.8 Å². The number of hydrogen-bond donors (Lipinski definition) is 1. The number of likely N-dealkylation sites (N-methyl/N-ethyl adjacent to an activating group) is 1. The normalized spacial score (nSPS) is 13.3. The lowest BCUT2D eigenvalue weighted by Crippen LogP contribution is -2.40. The van der Waals surface area contributed by atoms with Gasteiger partial charge in [-0.15, -0.1) is 0 Å². The number of quaternary nitrogens is 1. The predicted octanol–water partition coefficient (Wildman–Crippen LogP) is 14.5. The van der Waals surface area contributed by atoms with Gasteiger partial charge in [0.2, 0.25) is 0 Å². The smallest absolute Gasteiger partial charge is 0.361 e. The number of esters is 2. The lowest BCUT2D eigenvalue weighted by Gasteiger charge is -2.25. The Kier molecular flexibility index (Phi) is 44.3. The Hall–Kier alpha value is -3.01. The van der Waals surface area contributed by atoms with Crippen molar-refractivity contribution in [3.63, 3.8) is 0 Å². The molecule has 0 heterocycles. The molecule has 0 aliphatic heterocycles. The summed E-state index contributed by atoms with van der Waals surface area (Å²) >= 11 is 0. The number of allylic oxidation sites excluding steroid dienone is 10. The van der Waals surface area contributed by atoms with E-state index in [1.165, 1.54) is 96.3 Å². The van der Waals surface area contributed by atoms with Gasteiger partial charge in [-0.25, -0.2) is 4.79 Å². The van der Waals surface area contributed by atoms with Crippen LogP contribution in [-0.2, 0) is 33.3 Å². The third-order valence-electron chi connectivity index (χ3n) is 11.0. The first kappa shape index (κ1) is 61.0. The Morgan fingerprint density at radius 2 is 0.891 bits per heavy atom. The van der Waals surface area contributed by atoms with Crippen molar-refractivity contribution in [2.45, 2.75) is 225 Å². The third-order valence-corrected chi connectivity index (χ3v) is 11.0. The van der Waals surface area contributed by atoms with Crippen molar-refractivity contribution < 1.29 is 42.9 Å². The molecule has 0 aromatic carbocycles. The molecule has 0 fully saturated rings. The van der Waals surface area contributed by atoms with Crippen LogP contribution in [0, 0.1) is 0 Å².